The number of benzene rings is 1. The van der Waals surface area contributed by atoms with E-state index in [-0.39, 0.29) is 0 Å². The van der Waals surface area contributed by atoms with Crippen LogP contribution >= 0.6 is 0 Å². The van der Waals surface area contributed by atoms with Crippen LogP contribution < -0.4 is 5.32 Å². The molecule has 124 valence electrons. The molecule has 0 spiro atoms. The van der Waals surface area contributed by atoms with Gasteiger partial charge >= 0.3 is 0 Å². The smallest absolute Gasteiger partial charge is 0.116 e. The van der Waals surface area contributed by atoms with Crippen molar-refractivity contribution in [2.45, 2.75) is 58.5 Å². The van der Waals surface area contributed by atoms with Crippen LogP contribution in [0.15, 0.2) is 24.4 Å². The number of piperidine rings is 1. The molecular formula is C19H27N3O. The lowest BCUT2D eigenvalue weighted by Crippen LogP contribution is -2.34. The Bertz CT molecular complexity index is 657. The molecule has 1 atom stereocenters. The molecule has 0 bridgehead atoms. The van der Waals surface area contributed by atoms with E-state index in [0.29, 0.717) is 11.8 Å². The van der Waals surface area contributed by atoms with E-state index in [4.69, 9.17) is 0 Å². The zero-order valence-corrected chi connectivity index (χ0v) is 14.2. The third-order valence-corrected chi connectivity index (χ3v) is 4.75. The Hall–Kier alpha value is -1.81. The quantitative estimate of drug-likeness (QED) is 0.885. The summed E-state index contributed by atoms with van der Waals surface area (Å²) in [5, 5.41) is 18.2. The Labute approximate surface area is 138 Å². The molecular weight excluding hydrogens is 286 g/mol. The fourth-order valence-electron chi connectivity index (χ4n) is 3.45. The van der Waals surface area contributed by atoms with Crippen LogP contribution in [0.2, 0.25) is 0 Å². The maximum Gasteiger partial charge on any atom is 0.116 e. The molecule has 0 radical (unpaired) electrons. The zero-order chi connectivity index (χ0) is 16.2. The minimum absolute atomic E-state index is 0.345. The molecule has 0 aliphatic carbocycles. The lowest BCUT2D eigenvalue weighted by atomic mass is 9.96. The van der Waals surface area contributed by atoms with Gasteiger partial charge in [0.15, 0.2) is 0 Å². The molecule has 4 heteroatoms. The maximum atomic E-state index is 10.1. The van der Waals surface area contributed by atoms with E-state index in [1.165, 1.54) is 24.8 Å². The lowest BCUT2D eigenvalue weighted by molar-refractivity contribution is 0.382. The predicted molar refractivity (Wildman–Crippen MR) is 93.7 cm³/mol. The number of hydrogen-bond donors (Lipinski definition) is 2. The van der Waals surface area contributed by atoms with Gasteiger partial charge in [-0.2, -0.15) is 5.10 Å². The van der Waals surface area contributed by atoms with Gasteiger partial charge in [0, 0.05) is 24.3 Å². The van der Waals surface area contributed by atoms with E-state index < -0.39 is 0 Å². The second-order valence-electron chi connectivity index (χ2n) is 6.56. The summed E-state index contributed by atoms with van der Waals surface area (Å²) in [5.41, 5.74) is 4.39. The molecule has 0 amide bonds. The largest absolute Gasteiger partial charge is 0.508 e. The second kappa shape index (κ2) is 7.18. The molecule has 2 aromatic rings. The fraction of sp³-hybridized carbons (Fsp3) is 0.526. The standard InChI is InChI=1S/C19H27N3O/c1-3-22-13-19(14(2)21-22)16-10-15(11-18(23)12-16)7-8-17-6-4-5-9-20-17/h10-13,17,20,23H,3-9H2,1-2H3. The van der Waals surface area contributed by atoms with Crippen molar-refractivity contribution in [1.29, 1.82) is 0 Å². The van der Waals surface area contributed by atoms with Crippen molar-refractivity contribution in [3.63, 3.8) is 0 Å². The highest BCUT2D eigenvalue weighted by molar-refractivity contribution is 5.67. The number of aromatic hydroxyl groups is 1. The SMILES string of the molecule is CCn1cc(-c2cc(O)cc(CCC3CCCCN3)c2)c(C)n1. The van der Waals surface area contributed by atoms with Crippen molar-refractivity contribution in [2.75, 3.05) is 6.54 Å². The molecule has 1 aliphatic rings. The van der Waals surface area contributed by atoms with Crippen LogP contribution in [0.1, 0.15) is 43.9 Å². The summed E-state index contributed by atoms with van der Waals surface area (Å²) < 4.78 is 1.94. The summed E-state index contributed by atoms with van der Waals surface area (Å²) in [5.74, 6) is 0.345. The Balaban J connectivity index is 1.76. The van der Waals surface area contributed by atoms with E-state index in [1.54, 1.807) is 0 Å². The minimum atomic E-state index is 0.345. The molecule has 2 heterocycles. The number of phenolic OH excluding ortho intramolecular Hbond substituents is 1. The number of nitrogens with zero attached hydrogens (tertiary/aromatic N) is 2. The maximum absolute atomic E-state index is 10.1. The third kappa shape index (κ3) is 3.94. The molecule has 2 N–H and O–H groups in total. The number of rotatable bonds is 5. The van der Waals surface area contributed by atoms with Gasteiger partial charge in [0.1, 0.15) is 5.75 Å². The molecule has 23 heavy (non-hydrogen) atoms. The van der Waals surface area contributed by atoms with Crippen LogP contribution in [0, 0.1) is 6.92 Å². The molecule has 1 aliphatic heterocycles. The summed E-state index contributed by atoms with van der Waals surface area (Å²) in [7, 11) is 0. The lowest BCUT2D eigenvalue weighted by Gasteiger charge is -2.23. The molecule has 0 saturated carbocycles. The van der Waals surface area contributed by atoms with E-state index >= 15 is 0 Å². The normalized spacial score (nSPS) is 18.3. The zero-order valence-electron chi connectivity index (χ0n) is 14.2. The molecule has 1 aromatic carbocycles. The van der Waals surface area contributed by atoms with Gasteiger partial charge in [-0.1, -0.05) is 12.5 Å². The number of phenols is 1. The Morgan fingerprint density at radius 1 is 1.30 bits per heavy atom. The van der Waals surface area contributed by atoms with Crippen molar-refractivity contribution in [3.05, 3.63) is 35.7 Å². The Morgan fingerprint density at radius 2 is 2.17 bits per heavy atom. The average Bonchev–Trinajstić information content (AvgIpc) is 2.94. The van der Waals surface area contributed by atoms with E-state index in [2.05, 4.69) is 29.6 Å². The number of nitrogens with one attached hydrogen (secondary N) is 1. The highest BCUT2D eigenvalue weighted by atomic mass is 16.3. The van der Waals surface area contributed by atoms with Crippen molar-refractivity contribution in [2.24, 2.45) is 0 Å². The molecule has 1 unspecified atom stereocenters. The van der Waals surface area contributed by atoms with Gasteiger partial charge in [0.25, 0.3) is 0 Å². The monoisotopic (exact) mass is 313 g/mol. The van der Waals surface area contributed by atoms with Gasteiger partial charge in [0.2, 0.25) is 0 Å². The van der Waals surface area contributed by atoms with Gasteiger partial charge in [-0.05, 0) is 69.3 Å². The third-order valence-electron chi connectivity index (χ3n) is 4.75. The van der Waals surface area contributed by atoms with Crippen LogP contribution in [-0.2, 0) is 13.0 Å². The highest BCUT2D eigenvalue weighted by Gasteiger charge is 2.14. The number of aryl methyl sites for hydroxylation is 3. The van der Waals surface area contributed by atoms with Gasteiger partial charge in [-0.15, -0.1) is 0 Å². The first-order valence-electron chi connectivity index (χ1n) is 8.76. The Kier molecular flexibility index (Phi) is 5.01. The average molecular weight is 313 g/mol. The molecule has 4 nitrogen and oxygen atoms in total. The van der Waals surface area contributed by atoms with Crippen LogP contribution in [0.25, 0.3) is 11.1 Å². The first-order valence-corrected chi connectivity index (χ1v) is 8.76. The second-order valence-corrected chi connectivity index (χ2v) is 6.56. The van der Waals surface area contributed by atoms with Crippen LogP contribution in [0.5, 0.6) is 5.75 Å². The summed E-state index contributed by atoms with van der Waals surface area (Å²) in [6.07, 6.45) is 8.10. The van der Waals surface area contributed by atoms with E-state index in [0.717, 1.165) is 42.8 Å². The van der Waals surface area contributed by atoms with E-state index in [1.807, 2.05) is 23.7 Å². The topological polar surface area (TPSA) is 50.1 Å². The molecule has 1 aromatic heterocycles. The van der Waals surface area contributed by atoms with Gasteiger partial charge in [-0.3, -0.25) is 4.68 Å². The van der Waals surface area contributed by atoms with Crippen LogP contribution in [0.4, 0.5) is 0 Å². The van der Waals surface area contributed by atoms with Crippen molar-refractivity contribution in [3.8, 4) is 16.9 Å². The molecule has 1 saturated heterocycles. The van der Waals surface area contributed by atoms with Crippen molar-refractivity contribution >= 4 is 0 Å². The highest BCUT2D eigenvalue weighted by Crippen LogP contribution is 2.28. The van der Waals surface area contributed by atoms with Crippen LogP contribution in [-0.4, -0.2) is 27.5 Å². The summed E-state index contributed by atoms with van der Waals surface area (Å²) in [4.78, 5) is 0. The van der Waals surface area contributed by atoms with Crippen LogP contribution in [0.3, 0.4) is 0 Å². The number of aromatic nitrogens is 2. The van der Waals surface area contributed by atoms with Gasteiger partial charge < -0.3 is 10.4 Å². The molecule has 3 rings (SSSR count). The minimum Gasteiger partial charge on any atom is -0.508 e. The van der Waals surface area contributed by atoms with Crippen molar-refractivity contribution in [1.82, 2.24) is 15.1 Å². The Morgan fingerprint density at radius 3 is 2.87 bits per heavy atom. The van der Waals surface area contributed by atoms with E-state index in [9.17, 15) is 5.11 Å². The van der Waals surface area contributed by atoms with Gasteiger partial charge in [0.05, 0.1) is 5.69 Å². The van der Waals surface area contributed by atoms with Gasteiger partial charge in [-0.25, -0.2) is 0 Å². The first-order chi connectivity index (χ1) is 11.2. The van der Waals surface area contributed by atoms with Crippen molar-refractivity contribution < 1.29 is 5.11 Å². The fourth-order valence-corrected chi connectivity index (χ4v) is 3.45. The predicted octanol–water partition coefficient (Wildman–Crippen LogP) is 3.66. The first kappa shape index (κ1) is 16.1. The number of hydrogen-bond acceptors (Lipinski definition) is 3. The molecule has 1 fully saturated rings. The summed E-state index contributed by atoms with van der Waals surface area (Å²) >= 11 is 0. The summed E-state index contributed by atoms with van der Waals surface area (Å²) in [6.45, 7) is 6.11. The summed E-state index contributed by atoms with van der Waals surface area (Å²) in [6, 6.07) is 6.56.